The van der Waals surface area contributed by atoms with Gasteiger partial charge < -0.3 is 15.3 Å². The maximum absolute atomic E-state index is 3.28. The maximum Gasteiger partial charge on any atom is 0.0786 e. The van der Waals surface area contributed by atoms with E-state index >= 15 is 0 Å². The molecule has 0 radical (unpaired) electrons. The van der Waals surface area contributed by atoms with Gasteiger partial charge in [-0.1, -0.05) is 67.2 Å². The minimum Gasteiger partial charge on any atom is -0.870 e. The summed E-state index contributed by atoms with van der Waals surface area (Å²) in [6.07, 6.45) is 13.6. The molecule has 0 heterocycles. The Hall–Kier alpha value is -0.120. The third-order valence-electron chi connectivity index (χ3n) is 4.80. The molecule has 25 heavy (non-hydrogen) atoms. The zero-order valence-electron chi connectivity index (χ0n) is 18.7. The second-order valence-electron chi connectivity index (χ2n) is 7.40. The molecule has 3 heteroatoms. The lowest BCUT2D eigenvalue weighted by molar-refractivity contribution is -0.929. The number of hydrogen-bond acceptors (Lipinski definition) is 2. The Balaban J connectivity index is -0.000000513. The molecule has 0 aliphatic heterocycles. The normalized spacial score (nSPS) is 10.8. The SMILES string of the molecule is CCCC[N+](CCCC)(CCCC)CCCC.CCCNCCC.[OH-]. The van der Waals surface area contributed by atoms with Gasteiger partial charge >= 0.3 is 0 Å². The molecule has 0 aromatic carbocycles. The minimum absolute atomic E-state index is 0. The summed E-state index contributed by atoms with van der Waals surface area (Å²) in [5.41, 5.74) is 0. The Morgan fingerprint density at radius 1 is 0.480 bits per heavy atom. The average Bonchev–Trinajstić information content (AvgIpc) is 2.61. The van der Waals surface area contributed by atoms with Crippen LogP contribution in [0.3, 0.4) is 0 Å². The molecule has 0 aliphatic rings. The van der Waals surface area contributed by atoms with Crippen molar-refractivity contribution in [2.45, 2.75) is 106 Å². The van der Waals surface area contributed by atoms with Crippen LogP contribution in [0.1, 0.15) is 106 Å². The molecule has 3 nitrogen and oxygen atoms in total. The highest BCUT2D eigenvalue weighted by Crippen LogP contribution is 2.16. The third kappa shape index (κ3) is 20.0. The first kappa shape index (κ1) is 29.6. The predicted molar refractivity (Wildman–Crippen MR) is 115 cm³/mol. The smallest absolute Gasteiger partial charge is 0.0786 e. The van der Waals surface area contributed by atoms with Gasteiger partial charge in [0.25, 0.3) is 0 Å². The van der Waals surface area contributed by atoms with Crippen molar-refractivity contribution in [3.05, 3.63) is 0 Å². The number of nitrogens with one attached hydrogen (secondary N) is 1. The van der Waals surface area contributed by atoms with Crippen LogP contribution in [-0.2, 0) is 0 Å². The fourth-order valence-corrected chi connectivity index (χ4v) is 3.12. The molecule has 156 valence electrons. The summed E-state index contributed by atoms with van der Waals surface area (Å²) in [5.74, 6) is 0. The van der Waals surface area contributed by atoms with E-state index in [0.717, 1.165) is 0 Å². The van der Waals surface area contributed by atoms with Crippen molar-refractivity contribution in [3.8, 4) is 0 Å². The number of nitrogens with zero attached hydrogens (tertiary/aromatic N) is 1. The van der Waals surface area contributed by atoms with Gasteiger partial charge in [-0.2, -0.15) is 0 Å². The van der Waals surface area contributed by atoms with Crippen molar-refractivity contribution < 1.29 is 9.96 Å². The molecule has 0 saturated carbocycles. The summed E-state index contributed by atoms with van der Waals surface area (Å²) in [6.45, 7) is 21.7. The quantitative estimate of drug-likeness (QED) is 0.262. The second-order valence-corrected chi connectivity index (χ2v) is 7.40. The van der Waals surface area contributed by atoms with Crippen LogP contribution in [0, 0.1) is 0 Å². The van der Waals surface area contributed by atoms with Crippen molar-refractivity contribution in [1.29, 1.82) is 0 Å². The topological polar surface area (TPSA) is 42.0 Å². The molecule has 0 aromatic rings. The molecule has 2 N–H and O–H groups in total. The number of unbranched alkanes of at least 4 members (excludes halogenated alkanes) is 4. The summed E-state index contributed by atoms with van der Waals surface area (Å²) in [6, 6.07) is 0. The van der Waals surface area contributed by atoms with E-state index in [4.69, 9.17) is 0 Å². The Morgan fingerprint density at radius 3 is 0.960 bits per heavy atom. The van der Waals surface area contributed by atoms with Crippen LogP contribution in [0.15, 0.2) is 0 Å². The van der Waals surface area contributed by atoms with Gasteiger partial charge in [-0.05, 0) is 51.6 Å². The van der Waals surface area contributed by atoms with E-state index in [9.17, 15) is 0 Å². The van der Waals surface area contributed by atoms with Crippen LogP contribution in [0.5, 0.6) is 0 Å². The summed E-state index contributed by atoms with van der Waals surface area (Å²) in [7, 11) is 0. The summed E-state index contributed by atoms with van der Waals surface area (Å²) in [5, 5.41) is 3.28. The van der Waals surface area contributed by atoms with Gasteiger partial charge in [0.05, 0.1) is 26.2 Å². The van der Waals surface area contributed by atoms with Crippen molar-refractivity contribution in [2.75, 3.05) is 39.3 Å². The van der Waals surface area contributed by atoms with E-state index in [2.05, 4.69) is 46.9 Å². The van der Waals surface area contributed by atoms with Crippen molar-refractivity contribution >= 4 is 0 Å². The fourth-order valence-electron chi connectivity index (χ4n) is 3.12. The van der Waals surface area contributed by atoms with Crippen LogP contribution in [-0.4, -0.2) is 49.2 Å². The molecule has 0 unspecified atom stereocenters. The molecular formula is C22H52N2O. The van der Waals surface area contributed by atoms with E-state index in [-0.39, 0.29) is 5.48 Å². The highest BCUT2D eigenvalue weighted by atomic mass is 16.0. The highest BCUT2D eigenvalue weighted by molar-refractivity contribution is 4.49. The monoisotopic (exact) mass is 360 g/mol. The van der Waals surface area contributed by atoms with E-state index in [1.54, 1.807) is 0 Å². The molecular weight excluding hydrogens is 308 g/mol. The third-order valence-corrected chi connectivity index (χ3v) is 4.80. The molecule has 0 fully saturated rings. The van der Waals surface area contributed by atoms with Gasteiger partial charge in [-0.15, -0.1) is 0 Å². The molecule has 0 amide bonds. The van der Waals surface area contributed by atoms with E-state index < -0.39 is 0 Å². The number of rotatable bonds is 16. The zero-order chi connectivity index (χ0) is 18.5. The largest absolute Gasteiger partial charge is 0.870 e. The Kier molecular flexibility index (Phi) is 28.3. The van der Waals surface area contributed by atoms with Crippen LogP contribution in [0.4, 0.5) is 0 Å². The average molecular weight is 361 g/mol. The van der Waals surface area contributed by atoms with Gasteiger partial charge in [-0.25, -0.2) is 0 Å². The molecule has 0 atom stereocenters. The first-order valence-electron chi connectivity index (χ1n) is 11.2. The van der Waals surface area contributed by atoms with E-state index in [1.165, 1.54) is 108 Å². The number of quaternary nitrogens is 1. The molecule has 0 spiro atoms. The van der Waals surface area contributed by atoms with Crippen molar-refractivity contribution in [1.82, 2.24) is 5.32 Å². The van der Waals surface area contributed by atoms with Crippen molar-refractivity contribution in [3.63, 3.8) is 0 Å². The molecule has 0 aromatic heterocycles. The van der Waals surface area contributed by atoms with Gasteiger partial charge in [0.1, 0.15) is 0 Å². The van der Waals surface area contributed by atoms with Crippen molar-refractivity contribution in [2.24, 2.45) is 0 Å². The molecule has 0 rings (SSSR count). The number of hydrogen-bond donors (Lipinski definition) is 1. The molecule has 0 saturated heterocycles. The second kappa shape index (κ2) is 23.9. The summed E-state index contributed by atoms with van der Waals surface area (Å²) in [4.78, 5) is 0. The van der Waals surface area contributed by atoms with E-state index in [1.807, 2.05) is 0 Å². The van der Waals surface area contributed by atoms with Crippen LogP contribution in [0.2, 0.25) is 0 Å². The van der Waals surface area contributed by atoms with Gasteiger partial charge in [0.15, 0.2) is 0 Å². The first-order chi connectivity index (χ1) is 11.7. The zero-order valence-corrected chi connectivity index (χ0v) is 18.7. The summed E-state index contributed by atoms with van der Waals surface area (Å²) < 4.78 is 1.42. The highest BCUT2D eigenvalue weighted by Gasteiger charge is 2.24. The minimum atomic E-state index is 0. The summed E-state index contributed by atoms with van der Waals surface area (Å²) >= 11 is 0. The molecule has 0 aliphatic carbocycles. The predicted octanol–water partition coefficient (Wildman–Crippen LogP) is 6.22. The van der Waals surface area contributed by atoms with Crippen LogP contribution < -0.4 is 5.32 Å². The van der Waals surface area contributed by atoms with Gasteiger partial charge in [0, 0.05) is 0 Å². The standard InChI is InChI=1S/C16H36N.C6H15N.H2O/c1-5-9-13-17(14-10-6-2,15-11-7-3)16-12-8-4;1-3-5-7-6-4-2;/h5-16H2,1-4H3;7H,3-6H2,1-2H3;1H2/q+1;;/p-1. The van der Waals surface area contributed by atoms with Crippen LogP contribution in [0.25, 0.3) is 0 Å². The lowest BCUT2D eigenvalue weighted by atomic mass is 10.1. The van der Waals surface area contributed by atoms with E-state index in [0.29, 0.717) is 0 Å². The molecule has 0 bridgehead atoms. The Morgan fingerprint density at radius 2 is 0.760 bits per heavy atom. The maximum atomic E-state index is 3.28. The fraction of sp³-hybridized carbons (Fsp3) is 1.00. The van der Waals surface area contributed by atoms with Crippen LogP contribution >= 0.6 is 0 Å². The lowest BCUT2D eigenvalue weighted by Gasteiger charge is -2.39. The first-order valence-corrected chi connectivity index (χ1v) is 11.2. The Labute approximate surface area is 160 Å². The van der Waals surface area contributed by atoms with Gasteiger partial charge in [-0.3, -0.25) is 0 Å². The Bertz CT molecular complexity index is 181. The lowest BCUT2D eigenvalue weighted by Crippen LogP contribution is -2.50. The van der Waals surface area contributed by atoms with Gasteiger partial charge in [0.2, 0.25) is 0 Å².